The molecule has 0 fully saturated rings. The first kappa shape index (κ1) is 33.1. The van der Waals surface area contributed by atoms with Crippen molar-refractivity contribution in [2.75, 3.05) is 0 Å². The van der Waals surface area contributed by atoms with E-state index in [1.165, 1.54) is 104 Å². The number of carbonyl (C=O) groups is 1. The fourth-order valence-corrected chi connectivity index (χ4v) is 10.7. The number of hydrogen-bond donors (Lipinski definition) is 1. The molecule has 11 rings (SSSR count). The van der Waals surface area contributed by atoms with Crippen LogP contribution in [0.5, 0.6) is 0 Å². The van der Waals surface area contributed by atoms with E-state index in [0.717, 1.165) is 12.0 Å². The number of rotatable bonds is 6. The summed E-state index contributed by atoms with van der Waals surface area (Å²) in [5.74, 6) is -0.707. The van der Waals surface area contributed by atoms with Crippen LogP contribution in [0, 0.1) is 5.92 Å². The molecular formula is C54H42O2. The summed E-state index contributed by atoms with van der Waals surface area (Å²) in [6, 6.07) is 45.3. The summed E-state index contributed by atoms with van der Waals surface area (Å²) in [7, 11) is 0. The Balaban J connectivity index is 1.05. The first-order chi connectivity index (χ1) is 27.1. The second-order valence-electron chi connectivity index (χ2n) is 17.3. The molecule has 0 bridgehead atoms. The van der Waals surface area contributed by atoms with E-state index in [9.17, 15) is 9.90 Å². The maximum absolute atomic E-state index is 12.3. The lowest BCUT2D eigenvalue weighted by molar-refractivity contribution is -0.137. The minimum atomic E-state index is -0.776. The van der Waals surface area contributed by atoms with Crippen molar-refractivity contribution in [2.45, 2.75) is 50.9 Å². The molecule has 2 heteroatoms. The van der Waals surface area contributed by atoms with Gasteiger partial charge in [0, 0.05) is 17.8 Å². The zero-order valence-corrected chi connectivity index (χ0v) is 32.0. The van der Waals surface area contributed by atoms with E-state index in [1.807, 2.05) is 0 Å². The van der Waals surface area contributed by atoms with Gasteiger partial charge < -0.3 is 5.11 Å². The molecule has 0 radical (unpaired) electrons. The van der Waals surface area contributed by atoms with Crippen LogP contribution in [0.15, 0.2) is 146 Å². The van der Waals surface area contributed by atoms with Gasteiger partial charge in [0.25, 0.3) is 0 Å². The normalized spacial score (nSPS) is 18.3. The van der Waals surface area contributed by atoms with Crippen molar-refractivity contribution < 1.29 is 9.90 Å². The van der Waals surface area contributed by atoms with Gasteiger partial charge in [-0.25, -0.2) is 0 Å². The van der Waals surface area contributed by atoms with E-state index in [0.29, 0.717) is 6.42 Å². The monoisotopic (exact) mass is 722 g/mol. The lowest BCUT2D eigenvalue weighted by Crippen LogP contribution is -2.31. The molecule has 0 saturated carbocycles. The van der Waals surface area contributed by atoms with Crippen LogP contribution in [0.3, 0.4) is 0 Å². The van der Waals surface area contributed by atoms with E-state index in [-0.39, 0.29) is 17.8 Å². The van der Waals surface area contributed by atoms with Crippen LogP contribution in [0.25, 0.3) is 87.6 Å². The van der Waals surface area contributed by atoms with Crippen molar-refractivity contribution >= 4 is 60.2 Å². The third-order valence-electron chi connectivity index (χ3n) is 13.5. The molecule has 8 aromatic rings. The number of carboxylic acids is 1. The average Bonchev–Trinajstić information content (AvgIpc) is 3.69. The molecule has 8 aromatic carbocycles. The lowest BCUT2D eigenvalue weighted by atomic mass is 9.67. The number of aliphatic carboxylic acids is 1. The minimum absolute atomic E-state index is 0.0621. The molecule has 3 aliphatic rings. The summed E-state index contributed by atoms with van der Waals surface area (Å²) < 4.78 is 0. The van der Waals surface area contributed by atoms with Gasteiger partial charge in [-0.2, -0.15) is 0 Å². The van der Waals surface area contributed by atoms with Gasteiger partial charge in [0.2, 0.25) is 0 Å². The molecule has 0 aromatic heterocycles. The van der Waals surface area contributed by atoms with Crippen LogP contribution < -0.4 is 0 Å². The topological polar surface area (TPSA) is 37.3 Å². The molecule has 2 nitrogen and oxygen atoms in total. The van der Waals surface area contributed by atoms with E-state index in [2.05, 4.69) is 167 Å². The van der Waals surface area contributed by atoms with Gasteiger partial charge in [0.1, 0.15) is 0 Å². The predicted octanol–water partition coefficient (Wildman–Crippen LogP) is 14.1. The Morgan fingerprint density at radius 3 is 2.07 bits per heavy atom. The van der Waals surface area contributed by atoms with Crippen LogP contribution in [-0.2, 0) is 15.6 Å². The Kier molecular flexibility index (Phi) is 6.88. The Morgan fingerprint density at radius 2 is 1.32 bits per heavy atom. The van der Waals surface area contributed by atoms with Gasteiger partial charge in [0.15, 0.2) is 0 Å². The van der Waals surface area contributed by atoms with E-state index >= 15 is 0 Å². The smallest absolute Gasteiger partial charge is 0.303 e. The fourth-order valence-electron chi connectivity index (χ4n) is 10.7. The van der Waals surface area contributed by atoms with Crippen LogP contribution in [0.4, 0.5) is 0 Å². The molecule has 2 atom stereocenters. The van der Waals surface area contributed by atoms with Crippen molar-refractivity contribution in [3.63, 3.8) is 0 Å². The maximum Gasteiger partial charge on any atom is 0.303 e. The highest BCUT2D eigenvalue weighted by molar-refractivity contribution is 6.25. The number of fused-ring (bicyclic) bond motifs is 6. The van der Waals surface area contributed by atoms with Crippen LogP contribution in [0.1, 0.15) is 62.3 Å². The summed E-state index contributed by atoms with van der Waals surface area (Å²) in [5, 5.41) is 20.4. The van der Waals surface area contributed by atoms with Gasteiger partial charge in [-0.15, -0.1) is 6.58 Å². The molecule has 1 N–H and O–H groups in total. The molecule has 56 heavy (non-hydrogen) atoms. The third-order valence-corrected chi connectivity index (χ3v) is 13.5. The van der Waals surface area contributed by atoms with Crippen molar-refractivity contribution in [3.8, 4) is 33.4 Å². The summed E-state index contributed by atoms with van der Waals surface area (Å²) in [4.78, 5) is 12.3. The van der Waals surface area contributed by atoms with Gasteiger partial charge in [-0.1, -0.05) is 154 Å². The zero-order valence-electron chi connectivity index (χ0n) is 32.0. The summed E-state index contributed by atoms with van der Waals surface area (Å²) in [6.07, 6.45) is 8.09. The lowest BCUT2D eigenvalue weighted by Gasteiger charge is -2.36. The largest absolute Gasteiger partial charge is 0.481 e. The molecule has 0 aliphatic heterocycles. The molecule has 0 spiro atoms. The number of allylic oxidation sites excluding steroid dienone is 5. The van der Waals surface area contributed by atoms with E-state index in [4.69, 9.17) is 0 Å². The summed E-state index contributed by atoms with van der Waals surface area (Å²) in [6.45, 7) is 11.3. The van der Waals surface area contributed by atoms with Crippen LogP contribution in [0.2, 0.25) is 0 Å². The molecule has 0 heterocycles. The Labute approximate surface area is 327 Å². The van der Waals surface area contributed by atoms with E-state index < -0.39 is 11.4 Å². The first-order valence-electron chi connectivity index (χ1n) is 19.9. The molecule has 0 amide bonds. The minimum Gasteiger partial charge on any atom is -0.481 e. The fraction of sp³-hybridized carbons (Fsp3) is 0.167. The van der Waals surface area contributed by atoms with Crippen molar-refractivity contribution in [1.82, 2.24) is 0 Å². The SMILES string of the molecule is C=CC1(CCC(=O)O)c2cc(-c3ccc4c5c(cccc35)-c3ccccc3-4)ccc2C2=CC=C(c3ccc4ccc5cc(C(C)(C)C)cc6ccc3c4c56)CC21. The molecular weight excluding hydrogens is 681 g/mol. The zero-order chi connectivity index (χ0) is 38.1. The highest BCUT2D eigenvalue weighted by Gasteiger charge is 2.48. The molecule has 2 unspecified atom stereocenters. The van der Waals surface area contributed by atoms with Gasteiger partial charge in [-0.05, 0) is 134 Å². The standard InChI is InChI=1S/C54H42O2/c1-5-54(26-25-49(55)56)47-29-32(37-19-15-31-13-14-34-27-36(53(2,3)4)28-35-18-22-45(37)51(31)50(34)35)16-20-41(47)42-21-17-33(30-48(42)54)38-23-24-46-40-10-7-6-9-39(40)44-12-8-11-43(38)52(44)46/h5-24,27-28,30,47H,1,25-26,29H2,2-4H3,(H,55,56). The van der Waals surface area contributed by atoms with Crippen molar-refractivity contribution in [1.29, 1.82) is 0 Å². The highest BCUT2D eigenvalue weighted by atomic mass is 16.4. The predicted molar refractivity (Wildman–Crippen MR) is 235 cm³/mol. The molecule has 270 valence electrons. The van der Waals surface area contributed by atoms with Crippen molar-refractivity contribution in [3.05, 3.63) is 168 Å². The molecule has 0 saturated heterocycles. The Morgan fingerprint density at radius 1 is 0.679 bits per heavy atom. The Bertz CT molecular complexity index is 3040. The Hall–Kier alpha value is -6.25. The second-order valence-corrected chi connectivity index (χ2v) is 17.3. The maximum atomic E-state index is 12.3. The second kappa shape index (κ2) is 11.6. The van der Waals surface area contributed by atoms with Gasteiger partial charge in [0.05, 0.1) is 0 Å². The number of benzene rings is 8. The number of hydrogen-bond acceptors (Lipinski definition) is 1. The van der Waals surface area contributed by atoms with Crippen LogP contribution in [-0.4, -0.2) is 11.1 Å². The quantitative estimate of drug-likeness (QED) is 0.137. The first-order valence-corrected chi connectivity index (χ1v) is 19.9. The van der Waals surface area contributed by atoms with Crippen molar-refractivity contribution in [2.24, 2.45) is 5.92 Å². The van der Waals surface area contributed by atoms with Gasteiger partial charge in [-0.3, -0.25) is 4.79 Å². The third kappa shape index (κ3) is 4.53. The molecule has 3 aliphatic carbocycles. The van der Waals surface area contributed by atoms with E-state index in [1.54, 1.807) is 0 Å². The summed E-state index contributed by atoms with van der Waals surface area (Å²) in [5.41, 5.74) is 14.6. The van der Waals surface area contributed by atoms with Crippen LogP contribution >= 0.6 is 0 Å². The average molecular weight is 723 g/mol. The van der Waals surface area contributed by atoms with Gasteiger partial charge >= 0.3 is 5.97 Å². The summed E-state index contributed by atoms with van der Waals surface area (Å²) >= 11 is 0. The highest BCUT2D eigenvalue weighted by Crippen LogP contribution is 2.59. The number of carboxylic acid groups (broad SMARTS) is 1.